The fraction of sp³-hybridized carbons (Fsp3) is 0.462. The van der Waals surface area contributed by atoms with Gasteiger partial charge < -0.3 is 14.7 Å². The van der Waals surface area contributed by atoms with Crippen molar-refractivity contribution in [1.29, 1.82) is 0 Å². The Bertz CT molecular complexity index is 384. The molecule has 0 aromatic heterocycles. The standard InChI is InChI=1S/C13H17NO3/c1-17-12-7-5-11(6-8-12)14(9-13(15)16)10-3-2-4-10/h5-8,10H,2-4,9H2,1H3,(H,15,16). The Balaban J connectivity index is 2.15. The Labute approximate surface area is 101 Å². The Morgan fingerprint density at radius 1 is 1.41 bits per heavy atom. The van der Waals surface area contributed by atoms with Gasteiger partial charge in [-0.2, -0.15) is 0 Å². The highest BCUT2D eigenvalue weighted by atomic mass is 16.5. The Morgan fingerprint density at radius 3 is 2.47 bits per heavy atom. The summed E-state index contributed by atoms with van der Waals surface area (Å²) in [7, 11) is 1.62. The summed E-state index contributed by atoms with van der Waals surface area (Å²) in [6.45, 7) is 0.0665. The number of rotatable bonds is 5. The van der Waals surface area contributed by atoms with Crippen LogP contribution in [-0.4, -0.2) is 30.8 Å². The molecule has 4 nitrogen and oxygen atoms in total. The molecule has 0 atom stereocenters. The first-order chi connectivity index (χ1) is 8.20. The maximum Gasteiger partial charge on any atom is 0.323 e. The third kappa shape index (κ3) is 2.70. The molecule has 1 fully saturated rings. The Hall–Kier alpha value is -1.71. The van der Waals surface area contributed by atoms with Gasteiger partial charge in [0, 0.05) is 11.7 Å². The molecule has 0 unspecified atom stereocenters. The molecule has 0 aliphatic heterocycles. The van der Waals surface area contributed by atoms with Crippen LogP contribution in [0.2, 0.25) is 0 Å². The van der Waals surface area contributed by atoms with E-state index in [0.717, 1.165) is 24.3 Å². The van der Waals surface area contributed by atoms with Crippen molar-refractivity contribution in [2.75, 3.05) is 18.6 Å². The molecule has 92 valence electrons. The number of carbonyl (C=O) groups is 1. The topological polar surface area (TPSA) is 49.8 Å². The van der Waals surface area contributed by atoms with Crippen molar-refractivity contribution in [1.82, 2.24) is 0 Å². The average Bonchev–Trinajstić information content (AvgIpc) is 2.25. The van der Waals surface area contributed by atoms with Gasteiger partial charge in [0.15, 0.2) is 0 Å². The maximum absolute atomic E-state index is 10.9. The highest BCUT2D eigenvalue weighted by molar-refractivity contribution is 5.74. The molecule has 1 saturated carbocycles. The molecule has 1 N–H and O–H groups in total. The molecule has 1 aliphatic carbocycles. The van der Waals surface area contributed by atoms with Gasteiger partial charge >= 0.3 is 5.97 Å². The van der Waals surface area contributed by atoms with Crippen LogP contribution in [-0.2, 0) is 4.79 Å². The number of ether oxygens (including phenoxy) is 1. The lowest BCUT2D eigenvalue weighted by Gasteiger charge is -2.38. The van der Waals surface area contributed by atoms with Crippen LogP contribution < -0.4 is 9.64 Å². The fourth-order valence-electron chi connectivity index (χ4n) is 2.05. The van der Waals surface area contributed by atoms with E-state index in [2.05, 4.69) is 0 Å². The lowest BCUT2D eigenvalue weighted by molar-refractivity contribution is -0.135. The molecule has 1 aromatic carbocycles. The lowest BCUT2D eigenvalue weighted by atomic mass is 9.91. The van der Waals surface area contributed by atoms with Crippen molar-refractivity contribution in [3.63, 3.8) is 0 Å². The second-order valence-corrected chi connectivity index (χ2v) is 4.30. The van der Waals surface area contributed by atoms with Gasteiger partial charge in [0.25, 0.3) is 0 Å². The molecule has 4 heteroatoms. The fourth-order valence-corrected chi connectivity index (χ4v) is 2.05. The zero-order chi connectivity index (χ0) is 12.3. The molecule has 2 rings (SSSR count). The van der Waals surface area contributed by atoms with Crippen molar-refractivity contribution in [2.24, 2.45) is 0 Å². The summed E-state index contributed by atoms with van der Waals surface area (Å²) in [6.07, 6.45) is 3.36. The molecule has 0 heterocycles. The summed E-state index contributed by atoms with van der Waals surface area (Å²) in [5.74, 6) is 0.00496. The van der Waals surface area contributed by atoms with Gasteiger partial charge in [0.2, 0.25) is 0 Å². The summed E-state index contributed by atoms with van der Waals surface area (Å²) in [5.41, 5.74) is 0.956. The SMILES string of the molecule is COc1ccc(N(CC(=O)O)C2CCC2)cc1. The molecule has 0 amide bonds. The quantitative estimate of drug-likeness (QED) is 0.849. The molecular weight excluding hydrogens is 218 g/mol. The average molecular weight is 235 g/mol. The highest BCUT2D eigenvalue weighted by Gasteiger charge is 2.26. The van der Waals surface area contributed by atoms with Gasteiger partial charge in [-0.3, -0.25) is 4.79 Å². The van der Waals surface area contributed by atoms with E-state index in [9.17, 15) is 4.79 Å². The number of carboxylic acids is 1. The molecule has 1 aliphatic rings. The largest absolute Gasteiger partial charge is 0.497 e. The van der Waals surface area contributed by atoms with E-state index in [1.54, 1.807) is 7.11 Å². The first kappa shape index (κ1) is 11.8. The number of hydrogen-bond donors (Lipinski definition) is 1. The number of aliphatic carboxylic acids is 1. The van der Waals surface area contributed by atoms with E-state index in [4.69, 9.17) is 9.84 Å². The van der Waals surface area contributed by atoms with Crippen LogP contribution in [0.3, 0.4) is 0 Å². The number of carboxylic acid groups (broad SMARTS) is 1. The Kier molecular flexibility index (Phi) is 3.52. The second-order valence-electron chi connectivity index (χ2n) is 4.30. The van der Waals surface area contributed by atoms with Crippen molar-refractivity contribution in [3.8, 4) is 5.75 Å². The monoisotopic (exact) mass is 235 g/mol. The molecule has 1 aromatic rings. The van der Waals surface area contributed by atoms with Crippen molar-refractivity contribution in [3.05, 3.63) is 24.3 Å². The number of methoxy groups -OCH3 is 1. The van der Waals surface area contributed by atoms with Crippen LogP contribution in [0.15, 0.2) is 24.3 Å². The predicted octanol–water partition coefficient (Wildman–Crippen LogP) is 2.14. The van der Waals surface area contributed by atoms with Gasteiger partial charge in [-0.15, -0.1) is 0 Å². The van der Waals surface area contributed by atoms with Crippen molar-refractivity contribution < 1.29 is 14.6 Å². The van der Waals surface area contributed by atoms with E-state index >= 15 is 0 Å². The summed E-state index contributed by atoms with van der Waals surface area (Å²) in [5, 5.41) is 8.95. The summed E-state index contributed by atoms with van der Waals surface area (Å²) in [4.78, 5) is 12.8. The van der Waals surface area contributed by atoms with E-state index in [0.29, 0.717) is 6.04 Å². The molecule has 0 radical (unpaired) electrons. The van der Waals surface area contributed by atoms with Gasteiger partial charge in [0.1, 0.15) is 12.3 Å². The van der Waals surface area contributed by atoms with Gasteiger partial charge in [-0.05, 0) is 43.5 Å². The van der Waals surface area contributed by atoms with Gasteiger partial charge in [-0.1, -0.05) is 0 Å². The summed E-state index contributed by atoms with van der Waals surface area (Å²) in [6, 6.07) is 7.94. The van der Waals surface area contributed by atoms with E-state index in [1.165, 1.54) is 6.42 Å². The van der Waals surface area contributed by atoms with E-state index in [1.807, 2.05) is 29.2 Å². The van der Waals surface area contributed by atoms with Crippen molar-refractivity contribution >= 4 is 11.7 Å². The molecule has 0 spiro atoms. The lowest BCUT2D eigenvalue weighted by Crippen LogP contribution is -2.43. The highest BCUT2D eigenvalue weighted by Crippen LogP contribution is 2.30. The van der Waals surface area contributed by atoms with Gasteiger partial charge in [0.05, 0.1) is 7.11 Å². The second kappa shape index (κ2) is 5.08. The van der Waals surface area contributed by atoms with Crippen LogP contribution >= 0.6 is 0 Å². The van der Waals surface area contributed by atoms with Crippen LogP contribution in [0.25, 0.3) is 0 Å². The van der Waals surface area contributed by atoms with Crippen molar-refractivity contribution in [2.45, 2.75) is 25.3 Å². The van der Waals surface area contributed by atoms with E-state index in [-0.39, 0.29) is 6.54 Å². The minimum atomic E-state index is -0.785. The van der Waals surface area contributed by atoms with Gasteiger partial charge in [-0.25, -0.2) is 0 Å². The van der Waals surface area contributed by atoms with Crippen LogP contribution in [0.1, 0.15) is 19.3 Å². The zero-order valence-electron chi connectivity index (χ0n) is 9.93. The molecule has 17 heavy (non-hydrogen) atoms. The third-order valence-electron chi connectivity index (χ3n) is 3.23. The smallest absolute Gasteiger partial charge is 0.323 e. The summed E-state index contributed by atoms with van der Waals surface area (Å²) < 4.78 is 5.10. The minimum Gasteiger partial charge on any atom is -0.497 e. The van der Waals surface area contributed by atoms with Crippen LogP contribution in [0.4, 0.5) is 5.69 Å². The number of anilines is 1. The van der Waals surface area contributed by atoms with Crippen LogP contribution in [0.5, 0.6) is 5.75 Å². The number of benzene rings is 1. The summed E-state index contributed by atoms with van der Waals surface area (Å²) >= 11 is 0. The Morgan fingerprint density at radius 2 is 2.06 bits per heavy atom. The molecular formula is C13H17NO3. The van der Waals surface area contributed by atoms with Crippen LogP contribution in [0, 0.1) is 0 Å². The number of nitrogens with zero attached hydrogens (tertiary/aromatic N) is 1. The first-order valence-corrected chi connectivity index (χ1v) is 5.83. The number of hydrogen-bond acceptors (Lipinski definition) is 3. The minimum absolute atomic E-state index is 0.0665. The normalized spacial score (nSPS) is 15.1. The molecule has 0 bridgehead atoms. The third-order valence-corrected chi connectivity index (χ3v) is 3.23. The first-order valence-electron chi connectivity index (χ1n) is 5.83. The maximum atomic E-state index is 10.9. The predicted molar refractivity (Wildman–Crippen MR) is 65.6 cm³/mol. The molecule has 0 saturated heterocycles. The zero-order valence-corrected chi connectivity index (χ0v) is 9.93. The van der Waals surface area contributed by atoms with E-state index < -0.39 is 5.97 Å².